The Morgan fingerprint density at radius 3 is 2.68 bits per heavy atom. The van der Waals surface area contributed by atoms with Crippen molar-refractivity contribution >= 4 is 0 Å². The molecule has 1 N–H and O–H groups in total. The monoisotopic (exact) mass is 260 g/mol. The molecule has 0 amide bonds. The van der Waals surface area contributed by atoms with Crippen LogP contribution in [0, 0.1) is 11.3 Å². The Bertz CT molecular complexity index is 354. The van der Waals surface area contributed by atoms with Crippen molar-refractivity contribution in [1.29, 1.82) is 0 Å². The fourth-order valence-corrected chi connectivity index (χ4v) is 4.52. The van der Waals surface area contributed by atoms with Gasteiger partial charge in [0.2, 0.25) is 0 Å². The first-order chi connectivity index (χ1) is 9.33. The van der Waals surface area contributed by atoms with E-state index in [0.29, 0.717) is 11.5 Å². The standard InChI is InChI=1S/C17H28N2/c1-19-13-12-18-14-16(19)17(10-6-3-7-11-17)15-8-4-2-5-9-15/h3,6-7,10,15-16,18H,2,4-5,8-9,11-14H2,1H3. The number of hydrogen-bond acceptors (Lipinski definition) is 2. The summed E-state index contributed by atoms with van der Waals surface area (Å²) in [6.45, 7) is 3.50. The van der Waals surface area contributed by atoms with E-state index in [1.165, 1.54) is 45.1 Å². The minimum absolute atomic E-state index is 0.386. The van der Waals surface area contributed by atoms with Crippen LogP contribution in [0.15, 0.2) is 24.3 Å². The number of nitrogens with zero attached hydrogens (tertiary/aromatic N) is 1. The molecule has 2 aliphatic carbocycles. The Balaban J connectivity index is 1.87. The molecule has 1 saturated carbocycles. The third-order valence-corrected chi connectivity index (χ3v) is 5.62. The molecule has 19 heavy (non-hydrogen) atoms. The summed E-state index contributed by atoms with van der Waals surface area (Å²) >= 11 is 0. The Morgan fingerprint density at radius 1 is 1.16 bits per heavy atom. The van der Waals surface area contributed by atoms with Gasteiger partial charge in [0.25, 0.3) is 0 Å². The molecule has 3 aliphatic rings. The maximum Gasteiger partial charge on any atom is 0.0314 e. The van der Waals surface area contributed by atoms with Crippen molar-refractivity contribution in [3.05, 3.63) is 24.3 Å². The van der Waals surface area contributed by atoms with Gasteiger partial charge in [-0.1, -0.05) is 43.6 Å². The Morgan fingerprint density at radius 2 is 2.00 bits per heavy atom. The minimum atomic E-state index is 0.386. The summed E-state index contributed by atoms with van der Waals surface area (Å²) in [5.74, 6) is 0.884. The largest absolute Gasteiger partial charge is 0.314 e. The topological polar surface area (TPSA) is 15.3 Å². The lowest BCUT2D eigenvalue weighted by Crippen LogP contribution is -2.59. The number of nitrogens with one attached hydrogen (secondary N) is 1. The van der Waals surface area contributed by atoms with Gasteiger partial charge in [0.05, 0.1) is 0 Å². The molecule has 0 aromatic rings. The van der Waals surface area contributed by atoms with Gasteiger partial charge in [-0.05, 0) is 32.2 Å². The van der Waals surface area contributed by atoms with Gasteiger partial charge < -0.3 is 10.2 Å². The first kappa shape index (κ1) is 13.4. The predicted molar refractivity (Wildman–Crippen MR) is 81.2 cm³/mol. The van der Waals surface area contributed by atoms with Gasteiger partial charge in [0, 0.05) is 31.1 Å². The molecule has 0 radical (unpaired) electrons. The lowest BCUT2D eigenvalue weighted by atomic mass is 9.61. The van der Waals surface area contributed by atoms with Crippen molar-refractivity contribution in [3.63, 3.8) is 0 Å². The highest BCUT2D eigenvalue weighted by molar-refractivity contribution is 5.22. The second-order valence-electron chi connectivity index (χ2n) is 6.64. The van der Waals surface area contributed by atoms with Crippen LogP contribution in [0.25, 0.3) is 0 Å². The van der Waals surface area contributed by atoms with Crippen molar-refractivity contribution in [2.45, 2.75) is 44.6 Å². The average molecular weight is 260 g/mol. The lowest BCUT2D eigenvalue weighted by Gasteiger charge is -2.51. The van der Waals surface area contributed by atoms with Crippen LogP contribution in [-0.4, -0.2) is 37.6 Å². The van der Waals surface area contributed by atoms with Crippen molar-refractivity contribution < 1.29 is 0 Å². The van der Waals surface area contributed by atoms with E-state index in [0.717, 1.165) is 19.0 Å². The molecule has 1 saturated heterocycles. The third-order valence-electron chi connectivity index (χ3n) is 5.62. The van der Waals surface area contributed by atoms with E-state index in [-0.39, 0.29) is 0 Å². The molecule has 0 aromatic carbocycles. The van der Waals surface area contributed by atoms with E-state index in [2.05, 4.69) is 41.6 Å². The summed E-state index contributed by atoms with van der Waals surface area (Å²) in [6, 6.07) is 0.672. The van der Waals surface area contributed by atoms with Gasteiger partial charge in [-0.25, -0.2) is 0 Å². The van der Waals surface area contributed by atoms with E-state index < -0.39 is 0 Å². The predicted octanol–water partition coefficient (Wildman–Crippen LogP) is 2.97. The number of piperazine rings is 1. The lowest BCUT2D eigenvalue weighted by molar-refractivity contribution is 0.0350. The minimum Gasteiger partial charge on any atom is -0.314 e. The summed E-state index contributed by atoms with van der Waals surface area (Å²) in [5, 5.41) is 3.63. The Kier molecular flexibility index (Phi) is 4.09. The fraction of sp³-hybridized carbons (Fsp3) is 0.765. The van der Waals surface area contributed by atoms with Crippen LogP contribution < -0.4 is 5.32 Å². The van der Waals surface area contributed by atoms with Crippen LogP contribution in [0.4, 0.5) is 0 Å². The second-order valence-corrected chi connectivity index (χ2v) is 6.64. The molecule has 2 atom stereocenters. The third kappa shape index (κ3) is 2.53. The molecule has 2 fully saturated rings. The SMILES string of the molecule is CN1CCNCC1C1(C2CCCCC2)C=CC=CC1. The zero-order valence-corrected chi connectivity index (χ0v) is 12.3. The van der Waals surface area contributed by atoms with Gasteiger partial charge in [-0.2, -0.15) is 0 Å². The normalized spacial score (nSPS) is 37.6. The first-order valence-electron chi connectivity index (χ1n) is 8.08. The molecule has 0 aromatic heterocycles. The van der Waals surface area contributed by atoms with E-state index in [4.69, 9.17) is 0 Å². The summed E-state index contributed by atoms with van der Waals surface area (Å²) in [5.41, 5.74) is 0.386. The van der Waals surface area contributed by atoms with Crippen molar-refractivity contribution in [2.75, 3.05) is 26.7 Å². The van der Waals surface area contributed by atoms with Crippen LogP contribution in [0.5, 0.6) is 0 Å². The molecule has 0 bridgehead atoms. The van der Waals surface area contributed by atoms with Gasteiger partial charge >= 0.3 is 0 Å². The molecule has 3 rings (SSSR count). The molecule has 0 spiro atoms. The maximum absolute atomic E-state index is 3.63. The van der Waals surface area contributed by atoms with E-state index in [1.54, 1.807) is 0 Å². The average Bonchev–Trinajstić information content (AvgIpc) is 2.49. The highest BCUT2D eigenvalue weighted by Gasteiger charge is 2.45. The molecular weight excluding hydrogens is 232 g/mol. The van der Waals surface area contributed by atoms with E-state index in [9.17, 15) is 0 Å². The molecule has 2 nitrogen and oxygen atoms in total. The van der Waals surface area contributed by atoms with Gasteiger partial charge in [-0.3, -0.25) is 0 Å². The van der Waals surface area contributed by atoms with Crippen molar-refractivity contribution in [1.82, 2.24) is 10.2 Å². The number of hydrogen-bond donors (Lipinski definition) is 1. The molecule has 2 heteroatoms. The summed E-state index contributed by atoms with van der Waals surface area (Å²) in [7, 11) is 2.32. The van der Waals surface area contributed by atoms with E-state index in [1.807, 2.05) is 0 Å². The van der Waals surface area contributed by atoms with Crippen LogP contribution in [0.2, 0.25) is 0 Å². The zero-order valence-electron chi connectivity index (χ0n) is 12.3. The Hall–Kier alpha value is -0.600. The van der Waals surface area contributed by atoms with Gasteiger partial charge in [-0.15, -0.1) is 0 Å². The summed E-state index contributed by atoms with van der Waals surface area (Å²) in [6.07, 6.45) is 17.9. The highest BCUT2D eigenvalue weighted by Crippen LogP contribution is 2.47. The molecule has 2 unspecified atom stereocenters. The van der Waals surface area contributed by atoms with Gasteiger partial charge in [0.15, 0.2) is 0 Å². The second kappa shape index (κ2) is 5.80. The van der Waals surface area contributed by atoms with Crippen LogP contribution >= 0.6 is 0 Å². The van der Waals surface area contributed by atoms with Crippen LogP contribution in [-0.2, 0) is 0 Å². The highest BCUT2D eigenvalue weighted by atomic mass is 15.2. The molecule has 1 heterocycles. The smallest absolute Gasteiger partial charge is 0.0314 e. The van der Waals surface area contributed by atoms with E-state index >= 15 is 0 Å². The first-order valence-corrected chi connectivity index (χ1v) is 8.08. The Labute approximate surface area is 117 Å². The van der Waals surface area contributed by atoms with Gasteiger partial charge in [0.1, 0.15) is 0 Å². The number of rotatable bonds is 2. The van der Waals surface area contributed by atoms with Crippen molar-refractivity contribution in [3.8, 4) is 0 Å². The molecule has 1 aliphatic heterocycles. The summed E-state index contributed by atoms with van der Waals surface area (Å²) < 4.78 is 0. The zero-order chi connectivity index (χ0) is 13.1. The number of likely N-dealkylation sites (N-methyl/N-ethyl adjacent to an activating group) is 1. The van der Waals surface area contributed by atoms with Crippen molar-refractivity contribution in [2.24, 2.45) is 11.3 Å². The van der Waals surface area contributed by atoms with Crippen LogP contribution in [0.3, 0.4) is 0 Å². The molecular formula is C17H28N2. The molecule has 106 valence electrons. The number of allylic oxidation sites excluding steroid dienone is 3. The van der Waals surface area contributed by atoms with Crippen LogP contribution in [0.1, 0.15) is 38.5 Å². The summed E-state index contributed by atoms with van der Waals surface area (Å²) in [4.78, 5) is 2.61. The quantitative estimate of drug-likeness (QED) is 0.821. The fourth-order valence-electron chi connectivity index (χ4n) is 4.52. The maximum atomic E-state index is 3.63.